The van der Waals surface area contributed by atoms with Crippen molar-refractivity contribution in [2.75, 3.05) is 52.9 Å². The molecule has 0 bridgehead atoms. The van der Waals surface area contributed by atoms with Gasteiger partial charge in [-0.2, -0.15) is 0 Å². The molecule has 0 saturated carbocycles. The smallest absolute Gasteiger partial charge is 0.187 e. The largest absolute Gasteiger partial charge is 0.394 e. The van der Waals surface area contributed by atoms with Gasteiger partial charge in [0, 0.05) is 12.8 Å². The molecule has 0 radical (unpaired) electrons. The summed E-state index contributed by atoms with van der Waals surface area (Å²) >= 11 is 0. The van der Waals surface area contributed by atoms with E-state index in [2.05, 4.69) is 0 Å². The van der Waals surface area contributed by atoms with E-state index in [1.165, 1.54) is 0 Å². The highest BCUT2D eigenvalue weighted by Gasteiger charge is 2.58. The van der Waals surface area contributed by atoms with E-state index in [0.29, 0.717) is 0 Å². The maximum absolute atomic E-state index is 11.4. The Morgan fingerprint density at radius 1 is 0.239 bits per heavy atom. The van der Waals surface area contributed by atoms with E-state index < -0.39 is 286 Å². The maximum atomic E-state index is 11.4. The third-order valence-electron chi connectivity index (χ3n) is 16.4. The van der Waals surface area contributed by atoms with Gasteiger partial charge in [-0.05, 0) is 0 Å². The Hall–Kier alpha value is -1.60. The number of rotatable bonds is 23. The summed E-state index contributed by atoms with van der Waals surface area (Å²) in [6, 6.07) is 0. The molecule has 38 atom stereocenters. The minimum Gasteiger partial charge on any atom is -0.394 e. The van der Waals surface area contributed by atoms with Crippen LogP contribution in [0.3, 0.4) is 0 Å². The molecule has 8 aliphatic heterocycles. The Morgan fingerprint density at radius 3 is 0.795 bits per heavy atom. The van der Waals surface area contributed by atoms with Gasteiger partial charge in [-0.15, -0.1) is 0 Å². The number of aliphatic hydroxyl groups excluding tert-OH is 24. The third kappa shape index (κ3) is 15.4. The number of ether oxygens (including phenoxy) is 14. The van der Waals surface area contributed by atoms with Crippen LogP contribution in [-0.2, 0) is 76.1 Å². The fourth-order valence-corrected chi connectivity index (χ4v) is 11.3. The zero-order valence-corrected chi connectivity index (χ0v) is 46.3. The number of aliphatic hydroxyl groups is 24. The molecule has 0 aromatic rings. The summed E-state index contributed by atoms with van der Waals surface area (Å²) in [5, 5.41) is 256. The van der Waals surface area contributed by atoms with Gasteiger partial charge >= 0.3 is 0 Å². The van der Waals surface area contributed by atoms with Crippen LogP contribution in [0.4, 0.5) is 0 Å². The average molecular weight is 1300 g/mol. The molecule has 8 rings (SSSR count). The Labute approximate surface area is 497 Å². The van der Waals surface area contributed by atoms with Crippen molar-refractivity contribution in [2.24, 2.45) is 0 Å². The second-order valence-corrected chi connectivity index (χ2v) is 22.2. The van der Waals surface area contributed by atoms with Crippen molar-refractivity contribution in [1.82, 2.24) is 0 Å². The van der Waals surface area contributed by atoms with E-state index >= 15 is 0 Å². The molecule has 8 aliphatic rings. The molecule has 514 valence electrons. The third-order valence-corrected chi connectivity index (χ3v) is 16.4. The van der Waals surface area contributed by atoms with Crippen LogP contribution in [0, 0.1) is 0 Å². The van der Waals surface area contributed by atoms with Gasteiger partial charge in [0.2, 0.25) is 0 Å². The standard InChI is InChI=1S/C48H82O40/c49-3-11-1-13(57)34(42(72)73-11)88-87-14-2-12(4-50)74-43(21(14)58)81-36-16(6-52)76-45(29(66)23(36)60)83-38-18(8-54)78-47(31(68)25(38)62)85-40-20(10-56)80-48(33(70)27(40)64)86-39-19(9-55)79-46(32(69)26(39)63)84-37-17(7-53)77-44(30(67)24(37)61)82-35-15(5-51)75-41(71)28(65)22(35)59/h11-72H,1-10H2/t11-,12-,13-,14-,15+,16+,17+,18+,19+,20+,21+,22+,23+,24+,25+,26+,27+,28+,29+,30+,31+,32+,33+,34+,35+,36+,37+,38+,39+,40+,41?,42?,43?,44?,45?,46?,47?,48?/m0/s1. The van der Waals surface area contributed by atoms with Gasteiger partial charge in [0.1, 0.15) is 159 Å². The molecular weight excluding hydrogens is 1220 g/mol. The summed E-state index contributed by atoms with van der Waals surface area (Å²) in [5.41, 5.74) is 0. The highest BCUT2D eigenvalue weighted by Crippen LogP contribution is 2.38. The van der Waals surface area contributed by atoms with Gasteiger partial charge in [-0.25, -0.2) is 9.78 Å². The summed E-state index contributed by atoms with van der Waals surface area (Å²) in [5.74, 6) is 0. The molecular formula is C48H82O40. The molecule has 8 saturated heterocycles. The molecule has 8 unspecified atom stereocenters. The van der Waals surface area contributed by atoms with Gasteiger partial charge in [0.05, 0.1) is 71.2 Å². The second-order valence-electron chi connectivity index (χ2n) is 22.2. The van der Waals surface area contributed by atoms with Crippen molar-refractivity contribution in [3.05, 3.63) is 0 Å². The van der Waals surface area contributed by atoms with Gasteiger partial charge in [-0.3, -0.25) is 0 Å². The van der Waals surface area contributed by atoms with Crippen molar-refractivity contribution in [1.29, 1.82) is 0 Å². The van der Waals surface area contributed by atoms with E-state index in [1.54, 1.807) is 0 Å². The van der Waals surface area contributed by atoms with Crippen LogP contribution in [0.25, 0.3) is 0 Å². The fourth-order valence-electron chi connectivity index (χ4n) is 11.3. The Morgan fingerprint density at radius 2 is 0.511 bits per heavy atom. The van der Waals surface area contributed by atoms with Gasteiger partial charge in [0.25, 0.3) is 0 Å². The van der Waals surface area contributed by atoms with Crippen molar-refractivity contribution >= 4 is 0 Å². The molecule has 88 heavy (non-hydrogen) atoms. The summed E-state index contributed by atoms with van der Waals surface area (Å²) in [7, 11) is 0. The highest BCUT2D eigenvalue weighted by molar-refractivity contribution is 5.01. The average Bonchev–Trinajstić information content (AvgIpc) is 2.33. The normalized spacial score (nSPS) is 52.4. The molecule has 8 fully saturated rings. The van der Waals surface area contributed by atoms with Crippen LogP contribution in [0.2, 0.25) is 0 Å². The lowest BCUT2D eigenvalue weighted by molar-refractivity contribution is -0.434. The van der Waals surface area contributed by atoms with Crippen LogP contribution >= 0.6 is 0 Å². The van der Waals surface area contributed by atoms with E-state index in [0.717, 1.165) is 0 Å². The summed E-state index contributed by atoms with van der Waals surface area (Å²) in [6.45, 7) is -7.31. The maximum Gasteiger partial charge on any atom is 0.187 e. The number of hydrogen-bond donors (Lipinski definition) is 24. The van der Waals surface area contributed by atoms with Crippen molar-refractivity contribution in [3.63, 3.8) is 0 Å². The first-order chi connectivity index (χ1) is 41.9. The Kier molecular flexibility index (Phi) is 26.1. The predicted octanol–water partition coefficient (Wildman–Crippen LogP) is -16.5. The molecule has 8 heterocycles. The molecule has 0 aromatic carbocycles. The van der Waals surface area contributed by atoms with Crippen LogP contribution in [0.1, 0.15) is 12.8 Å². The monoisotopic (exact) mass is 1300 g/mol. The first-order valence-corrected chi connectivity index (χ1v) is 28.1. The first-order valence-electron chi connectivity index (χ1n) is 28.1. The minimum absolute atomic E-state index is 0.165. The molecule has 24 N–H and O–H groups in total. The summed E-state index contributed by atoms with van der Waals surface area (Å²) < 4.78 is 78.1. The summed E-state index contributed by atoms with van der Waals surface area (Å²) in [4.78, 5) is 10.5. The molecule has 40 heteroatoms. The minimum atomic E-state index is -2.25. The topological polar surface area (TPSA) is 633 Å². The van der Waals surface area contributed by atoms with Crippen LogP contribution in [0.15, 0.2) is 0 Å². The molecule has 0 aliphatic carbocycles. The highest BCUT2D eigenvalue weighted by atomic mass is 17.2. The lowest BCUT2D eigenvalue weighted by atomic mass is 9.95. The molecule has 40 nitrogen and oxygen atoms in total. The molecule has 0 amide bonds. The lowest BCUT2D eigenvalue weighted by Crippen LogP contribution is -2.68. The van der Waals surface area contributed by atoms with Gasteiger partial charge in [-0.1, -0.05) is 0 Å². The first kappa shape index (κ1) is 72.2. The zero-order valence-electron chi connectivity index (χ0n) is 46.3. The second kappa shape index (κ2) is 31.8. The van der Waals surface area contributed by atoms with E-state index in [9.17, 15) is 123 Å². The van der Waals surface area contributed by atoms with Crippen molar-refractivity contribution < 1.29 is 199 Å². The van der Waals surface area contributed by atoms with E-state index in [1.807, 2.05) is 0 Å². The van der Waals surface area contributed by atoms with Crippen molar-refractivity contribution in [3.8, 4) is 0 Å². The summed E-state index contributed by atoms with van der Waals surface area (Å²) in [6.07, 6.45) is -71.3. The Balaban J connectivity index is 0.848. The van der Waals surface area contributed by atoms with E-state index in [-0.39, 0.29) is 12.8 Å². The fraction of sp³-hybridized carbons (Fsp3) is 1.00. The van der Waals surface area contributed by atoms with Gasteiger partial charge in [0.15, 0.2) is 56.4 Å². The number of hydrogen-bond acceptors (Lipinski definition) is 40. The quantitative estimate of drug-likeness (QED) is 0.0334. The molecule has 0 spiro atoms. The predicted molar refractivity (Wildman–Crippen MR) is 263 cm³/mol. The Bertz CT molecular complexity index is 2060. The van der Waals surface area contributed by atoms with Crippen LogP contribution in [-0.4, -0.2) is 409 Å². The van der Waals surface area contributed by atoms with Gasteiger partial charge < -0.3 is 189 Å². The van der Waals surface area contributed by atoms with Crippen LogP contribution < -0.4 is 0 Å². The zero-order chi connectivity index (χ0) is 64.3. The SMILES string of the molecule is OC[C@@H]1C[C@H](OO[C@H]2C(O)O[C@H](CO)C[C@@H]2O)[C@@H](O)C(O[C@H]2[C@H](O)[C@@H](O)C(O[C@H]3[C@H](O)[C@@H](O)C(O[C@H]4[C@H](O)[C@@H](O)C(O[C@H]5[C@H](O)[C@@H](O)C(O[C@H]6[C@H](O)[C@@H](O)C(O[C@H]7[C@H](O)[C@@H](O)C(O)O[C@@H]7CO)O[C@@H]6CO)O[C@@H]5CO)O[C@@H]4CO)O[C@@H]3CO)O[C@@H]2CO)O1. The van der Waals surface area contributed by atoms with Crippen LogP contribution in [0.5, 0.6) is 0 Å². The van der Waals surface area contributed by atoms with Crippen molar-refractivity contribution in [2.45, 2.75) is 246 Å². The molecule has 0 aromatic heterocycles. The lowest BCUT2D eigenvalue weighted by Gasteiger charge is -2.50. The van der Waals surface area contributed by atoms with E-state index in [4.69, 9.17) is 76.1 Å².